The zero-order valence-corrected chi connectivity index (χ0v) is 13.9. The number of benzene rings is 1. The molecule has 0 bridgehead atoms. The summed E-state index contributed by atoms with van der Waals surface area (Å²) in [4.78, 5) is 11.8. The number of nitrogens with zero attached hydrogens (tertiary/aromatic N) is 2. The SMILES string of the molecule is Cc1cccc(OCCCC(=O)Nc2nnc(C(C)C)s2)c1. The number of carbonyl (C=O) groups is 1. The molecule has 22 heavy (non-hydrogen) atoms. The van der Waals surface area contributed by atoms with E-state index >= 15 is 0 Å². The Morgan fingerprint density at radius 2 is 2.18 bits per heavy atom. The highest BCUT2D eigenvalue weighted by Gasteiger charge is 2.10. The number of aromatic nitrogens is 2. The van der Waals surface area contributed by atoms with Crippen LogP contribution in [-0.2, 0) is 4.79 Å². The van der Waals surface area contributed by atoms with Gasteiger partial charge >= 0.3 is 0 Å². The molecular formula is C16H21N3O2S. The third kappa shape index (κ3) is 5.11. The number of anilines is 1. The molecule has 0 saturated carbocycles. The highest BCUT2D eigenvalue weighted by Crippen LogP contribution is 2.22. The maximum Gasteiger partial charge on any atom is 0.226 e. The number of hydrogen-bond acceptors (Lipinski definition) is 5. The topological polar surface area (TPSA) is 64.1 Å². The first-order valence-corrected chi connectivity index (χ1v) is 8.19. The van der Waals surface area contributed by atoms with Gasteiger partial charge in [0.1, 0.15) is 10.8 Å². The predicted octanol–water partition coefficient (Wildman–Crippen LogP) is 3.77. The van der Waals surface area contributed by atoms with E-state index in [1.807, 2.05) is 31.2 Å². The average molecular weight is 319 g/mol. The van der Waals surface area contributed by atoms with E-state index in [2.05, 4.69) is 29.4 Å². The van der Waals surface area contributed by atoms with Crippen LogP contribution >= 0.6 is 11.3 Å². The minimum atomic E-state index is -0.0562. The van der Waals surface area contributed by atoms with E-state index in [9.17, 15) is 4.79 Å². The van der Waals surface area contributed by atoms with Gasteiger partial charge in [-0.2, -0.15) is 0 Å². The van der Waals surface area contributed by atoms with Crippen LogP contribution in [0.2, 0.25) is 0 Å². The summed E-state index contributed by atoms with van der Waals surface area (Å²) in [5, 5.41) is 12.3. The van der Waals surface area contributed by atoms with Gasteiger partial charge in [-0.15, -0.1) is 10.2 Å². The van der Waals surface area contributed by atoms with Gasteiger partial charge in [-0.05, 0) is 31.0 Å². The number of aryl methyl sites for hydroxylation is 1. The fraction of sp³-hybridized carbons (Fsp3) is 0.438. The molecule has 0 aliphatic carbocycles. The minimum absolute atomic E-state index is 0.0562. The van der Waals surface area contributed by atoms with Crippen LogP contribution in [0.15, 0.2) is 24.3 Å². The summed E-state index contributed by atoms with van der Waals surface area (Å²) >= 11 is 1.42. The van der Waals surface area contributed by atoms with Crippen LogP contribution in [0.25, 0.3) is 0 Å². The summed E-state index contributed by atoms with van der Waals surface area (Å²) in [7, 11) is 0. The quantitative estimate of drug-likeness (QED) is 0.789. The second-order valence-corrected chi connectivity index (χ2v) is 6.43. The van der Waals surface area contributed by atoms with Crippen molar-refractivity contribution >= 4 is 22.4 Å². The molecule has 0 spiro atoms. The van der Waals surface area contributed by atoms with Crippen LogP contribution in [0.4, 0.5) is 5.13 Å². The zero-order valence-electron chi connectivity index (χ0n) is 13.1. The van der Waals surface area contributed by atoms with Crippen LogP contribution in [0.5, 0.6) is 5.75 Å². The Morgan fingerprint density at radius 3 is 2.86 bits per heavy atom. The molecule has 0 radical (unpaired) electrons. The van der Waals surface area contributed by atoms with Gasteiger partial charge in [0, 0.05) is 12.3 Å². The molecule has 0 unspecified atom stereocenters. The van der Waals surface area contributed by atoms with Crippen molar-refractivity contribution in [2.24, 2.45) is 0 Å². The molecule has 0 aliphatic heterocycles. The van der Waals surface area contributed by atoms with Crippen molar-refractivity contribution in [3.8, 4) is 5.75 Å². The molecular weight excluding hydrogens is 298 g/mol. The van der Waals surface area contributed by atoms with Crippen molar-refractivity contribution in [3.63, 3.8) is 0 Å². The lowest BCUT2D eigenvalue weighted by atomic mass is 10.2. The molecule has 1 amide bonds. The molecule has 0 saturated heterocycles. The first-order chi connectivity index (χ1) is 10.5. The van der Waals surface area contributed by atoms with Crippen molar-refractivity contribution in [3.05, 3.63) is 34.8 Å². The molecule has 5 nitrogen and oxygen atoms in total. The molecule has 1 heterocycles. The third-order valence-electron chi connectivity index (χ3n) is 2.99. The van der Waals surface area contributed by atoms with Gasteiger partial charge in [0.05, 0.1) is 6.61 Å². The van der Waals surface area contributed by atoms with Crippen LogP contribution in [0.3, 0.4) is 0 Å². The number of rotatable bonds is 7. The normalized spacial score (nSPS) is 10.7. The molecule has 1 aromatic carbocycles. The van der Waals surface area contributed by atoms with Crippen molar-refractivity contribution < 1.29 is 9.53 Å². The fourth-order valence-electron chi connectivity index (χ4n) is 1.83. The number of amides is 1. The molecule has 6 heteroatoms. The van der Waals surface area contributed by atoms with E-state index in [1.165, 1.54) is 11.3 Å². The maximum absolute atomic E-state index is 11.8. The molecule has 118 valence electrons. The third-order valence-corrected chi connectivity index (χ3v) is 4.13. The summed E-state index contributed by atoms with van der Waals surface area (Å²) in [6.45, 7) is 6.64. The minimum Gasteiger partial charge on any atom is -0.494 e. The van der Waals surface area contributed by atoms with Crippen molar-refractivity contribution in [2.75, 3.05) is 11.9 Å². The summed E-state index contributed by atoms with van der Waals surface area (Å²) < 4.78 is 5.62. The Balaban J connectivity index is 1.69. The molecule has 2 rings (SSSR count). The number of ether oxygens (including phenoxy) is 1. The lowest BCUT2D eigenvalue weighted by Gasteiger charge is -2.06. The predicted molar refractivity (Wildman–Crippen MR) is 88.5 cm³/mol. The van der Waals surface area contributed by atoms with Gasteiger partial charge in [-0.25, -0.2) is 0 Å². The van der Waals surface area contributed by atoms with Gasteiger partial charge in [-0.3, -0.25) is 4.79 Å². The van der Waals surface area contributed by atoms with Crippen molar-refractivity contribution in [1.29, 1.82) is 0 Å². The number of hydrogen-bond donors (Lipinski definition) is 1. The van der Waals surface area contributed by atoms with Gasteiger partial charge in [0.2, 0.25) is 11.0 Å². The van der Waals surface area contributed by atoms with E-state index in [4.69, 9.17) is 4.74 Å². The van der Waals surface area contributed by atoms with Gasteiger partial charge < -0.3 is 10.1 Å². The Hall–Kier alpha value is -1.95. The molecule has 0 atom stereocenters. The Bertz CT molecular complexity index is 625. The van der Waals surface area contributed by atoms with E-state index in [-0.39, 0.29) is 5.91 Å². The summed E-state index contributed by atoms with van der Waals surface area (Å²) in [6, 6.07) is 7.88. The van der Waals surface area contributed by atoms with E-state index < -0.39 is 0 Å². The van der Waals surface area contributed by atoms with Gasteiger partial charge in [0.15, 0.2) is 0 Å². The van der Waals surface area contributed by atoms with E-state index in [1.54, 1.807) is 0 Å². The van der Waals surface area contributed by atoms with E-state index in [0.717, 1.165) is 16.3 Å². The number of carbonyl (C=O) groups excluding carboxylic acids is 1. The standard InChI is InChI=1S/C16H21N3O2S/c1-11(2)15-18-19-16(22-15)17-14(20)8-5-9-21-13-7-4-6-12(3)10-13/h4,6-7,10-11H,5,8-9H2,1-3H3,(H,17,19,20). The largest absolute Gasteiger partial charge is 0.494 e. The Labute approximate surface area is 134 Å². The van der Waals surface area contributed by atoms with E-state index in [0.29, 0.717) is 30.5 Å². The Kier molecular flexibility index (Phi) is 5.89. The first-order valence-electron chi connectivity index (χ1n) is 7.37. The Morgan fingerprint density at radius 1 is 1.36 bits per heavy atom. The maximum atomic E-state index is 11.8. The number of nitrogens with one attached hydrogen (secondary N) is 1. The molecule has 1 N–H and O–H groups in total. The van der Waals surface area contributed by atoms with Crippen LogP contribution in [0.1, 0.15) is 43.2 Å². The molecule has 0 fully saturated rings. The van der Waals surface area contributed by atoms with Crippen LogP contribution in [0, 0.1) is 6.92 Å². The van der Waals surface area contributed by atoms with Crippen molar-refractivity contribution in [1.82, 2.24) is 10.2 Å². The lowest BCUT2D eigenvalue weighted by molar-refractivity contribution is -0.116. The van der Waals surface area contributed by atoms with Gasteiger partial charge in [0.25, 0.3) is 0 Å². The molecule has 2 aromatic rings. The lowest BCUT2D eigenvalue weighted by Crippen LogP contribution is -2.12. The summed E-state index contributed by atoms with van der Waals surface area (Å²) in [5.41, 5.74) is 1.16. The molecule has 0 aliphatic rings. The second kappa shape index (κ2) is 7.89. The smallest absolute Gasteiger partial charge is 0.226 e. The average Bonchev–Trinajstić information content (AvgIpc) is 2.92. The van der Waals surface area contributed by atoms with Gasteiger partial charge in [-0.1, -0.05) is 37.3 Å². The fourth-order valence-corrected chi connectivity index (χ4v) is 2.59. The zero-order chi connectivity index (χ0) is 15.9. The molecule has 1 aromatic heterocycles. The monoisotopic (exact) mass is 319 g/mol. The summed E-state index contributed by atoms with van der Waals surface area (Å²) in [6.07, 6.45) is 1.07. The second-order valence-electron chi connectivity index (χ2n) is 5.42. The highest BCUT2D eigenvalue weighted by atomic mass is 32.1. The van der Waals surface area contributed by atoms with Crippen LogP contribution in [-0.4, -0.2) is 22.7 Å². The summed E-state index contributed by atoms with van der Waals surface area (Å²) in [5.74, 6) is 1.11. The van der Waals surface area contributed by atoms with Crippen molar-refractivity contribution in [2.45, 2.75) is 39.5 Å². The van der Waals surface area contributed by atoms with Crippen LogP contribution < -0.4 is 10.1 Å². The highest BCUT2D eigenvalue weighted by molar-refractivity contribution is 7.15. The first kappa shape index (κ1) is 16.4.